The van der Waals surface area contributed by atoms with E-state index in [1.165, 1.54) is 6.07 Å². The molecule has 1 aromatic rings. The molecule has 0 spiro atoms. The third-order valence-corrected chi connectivity index (χ3v) is 3.29. The van der Waals surface area contributed by atoms with Crippen LogP contribution in [0.5, 0.6) is 0 Å². The predicted molar refractivity (Wildman–Crippen MR) is 80.5 cm³/mol. The van der Waals surface area contributed by atoms with Crippen molar-refractivity contribution in [1.82, 2.24) is 4.90 Å². The Kier molecular flexibility index (Phi) is 7.37. The van der Waals surface area contributed by atoms with Crippen molar-refractivity contribution in [1.29, 1.82) is 0 Å². The largest absolute Gasteiger partial charge is 0.330 e. The van der Waals surface area contributed by atoms with Gasteiger partial charge in [-0.1, -0.05) is 19.9 Å². The van der Waals surface area contributed by atoms with Gasteiger partial charge in [0.1, 0.15) is 5.82 Å². The molecule has 0 aliphatic heterocycles. The Morgan fingerprint density at radius 2 is 2.00 bits per heavy atom. The minimum absolute atomic E-state index is 0. The third-order valence-electron chi connectivity index (χ3n) is 2.69. The Bertz CT molecular complexity index is 385. The summed E-state index contributed by atoms with van der Waals surface area (Å²) in [5, 5.41) is 0. The molecule has 2 N–H and O–H groups in total. The van der Waals surface area contributed by atoms with E-state index >= 15 is 0 Å². The van der Waals surface area contributed by atoms with Gasteiger partial charge in [-0.25, -0.2) is 4.39 Å². The molecule has 0 saturated carbocycles. The molecule has 1 rings (SSSR count). The Labute approximate surface area is 123 Å². The van der Waals surface area contributed by atoms with E-state index in [2.05, 4.69) is 41.7 Å². The molecule has 0 unspecified atom stereocenters. The number of nitrogens with two attached hydrogens (primary N) is 1. The van der Waals surface area contributed by atoms with Gasteiger partial charge in [0.25, 0.3) is 0 Å². The molecule has 0 radical (unpaired) electrons. The van der Waals surface area contributed by atoms with Gasteiger partial charge in [0, 0.05) is 13.1 Å². The molecule has 0 aliphatic carbocycles. The van der Waals surface area contributed by atoms with Crippen LogP contribution in [-0.2, 0) is 6.54 Å². The normalized spacial score (nSPS) is 11.5. The molecular weight excluding hydrogens is 319 g/mol. The fourth-order valence-corrected chi connectivity index (χ4v) is 2.23. The highest BCUT2D eigenvalue weighted by Gasteiger charge is 2.18. The fourth-order valence-electron chi connectivity index (χ4n) is 1.80. The standard InChI is InChI=1S/C13H20BrFN2.ClH/c1-13(2,8-16)9-17(3)7-10-4-5-12(15)11(14)6-10;/h4-6H,7-9,16H2,1-3H3;1H. The maximum absolute atomic E-state index is 13.1. The van der Waals surface area contributed by atoms with Crippen LogP contribution in [0.4, 0.5) is 4.39 Å². The molecule has 2 nitrogen and oxygen atoms in total. The van der Waals surface area contributed by atoms with Crippen molar-refractivity contribution in [3.63, 3.8) is 0 Å². The first kappa shape index (κ1) is 17.8. The molecule has 0 saturated heterocycles. The Hall–Kier alpha value is -0.160. The SMILES string of the molecule is CN(Cc1ccc(F)c(Br)c1)CC(C)(C)CN.Cl. The van der Waals surface area contributed by atoms with Crippen LogP contribution in [-0.4, -0.2) is 25.0 Å². The van der Waals surface area contributed by atoms with Crippen LogP contribution >= 0.6 is 28.3 Å². The fraction of sp³-hybridized carbons (Fsp3) is 0.538. The van der Waals surface area contributed by atoms with Gasteiger partial charge in [-0.05, 0) is 52.6 Å². The first-order valence-corrected chi connectivity index (χ1v) is 6.46. The molecule has 1 aromatic carbocycles. The summed E-state index contributed by atoms with van der Waals surface area (Å²) in [6, 6.07) is 5.12. The van der Waals surface area contributed by atoms with E-state index in [9.17, 15) is 4.39 Å². The Morgan fingerprint density at radius 3 is 2.50 bits per heavy atom. The Morgan fingerprint density at radius 1 is 1.39 bits per heavy atom. The van der Waals surface area contributed by atoms with Crippen molar-refractivity contribution in [2.45, 2.75) is 20.4 Å². The zero-order valence-corrected chi connectivity index (χ0v) is 13.4. The maximum Gasteiger partial charge on any atom is 0.137 e. The molecule has 0 aromatic heterocycles. The zero-order chi connectivity index (χ0) is 13.1. The molecule has 18 heavy (non-hydrogen) atoms. The van der Waals surface area contributed by atoms with Crippen LogP contribution < -0.4 is 5.73 Å². The zero-order valence-electron chi connectivity index (χ0n) is 11.0. The monoisotopic (exact) mass is 338 g/mol. The summed E-state index contributed by atoms with van der Waals surface area (Å²) in [5.41, 5.74) is 6.90. The van der Waals surface area contributed by atoms with Gasteiger partial charge >= 0.3 is 0 Å². The molecule has 104 valence electrons. The topological polar surface area (TPSA) is 29.3 Å². The number of hydrogen-bond acceptors (Lipinski definition) is 2. The number of benzene rings is 1. The second kappa shape index (κ2) is 7.43. The van der Waals surface area contributed by atoms with Crippen molar-refractivity contribution in [2.24, 2.45) is 11.1 Å². The number of hydrogen-bond donors (Lipinski definition) is 1. The highest BCUT2D eigenvalue weighted by atomic mass is 79.9. The molecule has 5 heteroatoms. The average molecular weight is 340 g/mol. The Balaban J connectivity index is 0.00000289. The van der Waals surface area contributed by atoms with Gasteiger partial charge in [0.05, 0.1) is 4.47 Å². The van der Waals surface area contributed by atoms with E-state index in [0.717, 1.165) is 18.7 Å². The lowest BCUT2D eigenvalue weighted by Crippen LogP contribution is -2.36. The van der Waals surface area contributed by atoms with Gasteiger partial charge in [-0.3, -0.25) is 0 Å². The lowest BCUT2D eigenvalue weighted by Gasteiger charge is -2.29. The van der Waals surface area contributed by atoms with E-state index in [0.29, 0.717) is 11.0 Å². The van der Waals surface area contributed by atoms with Gasteiger partial charge in [0.2, 0.25) is 0 Å². The summed E-state index contributed by atoms with van der Waals surface area (Å²) in [6.45, 7) is 6.65. The second-order valence-electron chi connectivity index (χ2n) is 5.29. The van der Waals surface area contributed by atoms with Crippen LogP contribution in [0.2, 0.25) is 0 Å². The van der Waals surface area contributed by atoms with Crippen LogP contribution in [0.1, 0.15) is 19.4 Å². The summed E-state index contributed by atoms with van der Waals surface area (Å²) in [7, 11) is 2.05. The molecular formula is C13H21BrClFN2. The highest BCUT2D eigenvalue weighted by Crippen LogP contribution is 2.19. The van der Waals surface area contributed by atoms with Crippen molar-refractivity contribution in [3.05, 3.63) is 34.1 Å². The van der Waals surface area contributed by atoms with Crippen LogP contribution in [0.25, 0.3) is 0 Å². The van der Waals surface area contributed by atoms with Crippen LogP contribution in [0.3, 0.4) is 0 Å². The molecule has 0 aliphatic rings. The quantitative estimate of drug-likeness (QED) is 0.890. The van der Waals surface area contributed by atoms with E-state index in [4.69, 9.17) is 5.73 Å². The molecule has 0 heterocycles. The predicted octanol–water partition coefficient (Wildman–Crippen LogP) is 3.43. The van der Waals surface area contributed by atoms with Gasteiger partial charge in [-0.15, -0.1) is 12.4 Å². The van der Waals surface area contributed by atoms with Crippen LogP contribution in [0, 0.1) is 11.2 Å². The smallest absolute Gasteiger partial charge is 0.137 e. The summed E-state index contributed by atoms with van der Waals surface area (Å²) in [6.07, 6.45) is 0. The lowest BCUT2D eigenvalue weighted by atomic mass is 9.93. The van der Waals surface area contributed by atoms with Gasteiger partial charge in [0.15, 0.2) is 0 Å². The third kappa shape index (κ3) is 5.65. The van der Waals surface area contributed by atoms with Crippen molar-refractivity contribution in [3.8, 4) is 0 Å². The number of nitrogens with zero attached hydrogens (tertiary/aromatic N) is 1. The lowest BCUT2D eigenvalue weighted by molar-refractivity contribution is 0.210. The molecule has 0 fully saturated rings. The summed E-state index contributed by atoms with van der Waals surface area (Å²) in [5.74, 6) is -0.223. The van der Waals surface area contributed by atoms with E-state index in [1.807, 2.05) is 12.1 Å². The van der Waals surface area contributed by atoms with Gasteiger partial charge < -0.3 is 10.6 Å². The molecule has 0 amide bonds. The van der Waals surface area contributed by atoms with E-state index in [1.54, 1.807) is 0 Å². The van der Waals surface area contributed by atoms with Crippen molar-refractivity contribution >= 4 is 28.3 Å². The maximum atomic E-state index is 13.1. The minimum Gasteiger partial charge on any atom is -0.330 e. The first-order chi connectivity index (χ1) is 7.84. The summed E-state index contributed by atoms with van der Waals surface area (Å²) >= 11 is 3.20. The summed E-state index contributed by atoms with van der Waals surface area (Å²) in [4.78, 5) is 2.20. The van der Waals surface area contributed by atoms with Crippen molar-refractivity contribution in [2.75, 3.05) is 20.1 Å². The molecule has 0 bridgehead atoms. The molecule has 0 atom stereocenters. The first-order valence-electron chi connectivity index (χ1n) is 5.66. The van der Waals surface area contributed by atoms with Gasteiger partial charge in [-0.2, -0.15) is 0 Å². The average Bonchev–Trinajstić information content (AvgIpc) is 2.23. The summed E-state index contributed by atoms with van der Waals surface area (Å²) < 4.78 is 13.6. The number of halogens is 3. The highest BCUT2D eigenvalue weighted by molar-refractivity contribution is 9.10. The minimum atomic E-state index is -0.223. The van der Waals surface area contributed by atoms with E-state index < -0.39 is 0 Å². The van der Waals surface area contributed by atoms with E-state index in [-0.39, 0.29) is 23.6 Å². The number of rotatable bonds is 5. The van der Waals surface area contributed by atoms with Crippen molar-refractivity contribution < 1.29 is 4.39 Å². The van der Waals surface area contributed by atoms with Crippen LogP contribution in [0.15, 0.2) is 22.7 Å². The second-order valence-corrected chi connectivity index (χ2v) is 6.14.